The van der Waals surface area contributed by atoms with Crippen LogP contribution in [0.1, 0.15) is 66.8 Å². The number of rotatable bonds is 6. The predicted octanol–water partition coefficient (Wildman–Crippen LogP) is 6.63. The summed E-state index contributed by atoms with van der Waals surface area (Å²) in [5.74, 6) is 0.274. The van der Waals surface area contributed by atoms with Gasteiger partial charge in [0.2, 0.25) is 0 Å². The zero-order valence-electron chi connectivity index (χ0n) is 16.8. The van der Waals surface area contributed by atoms with Gasteiger partial charge in [-0.05, 0) is 60.4 Å². The zero-order valence-corrected chi connectivity index (χ0v) is 16.8. The smallest absolute Gasteiger partial charge is 0.129 e. The molecule has 27 heavy (non-hydrogen) atoms. The first kappa shape index (κ1) is 19.8. The second-order valence-electron chi connectivity index (χ2n) is 7.60. The summed E-state index contributed by atoms with van der Waals surface area (Å²) < 4.78 is 20.7. The van der Waals surface area contributed by atoms with Crippen molar-refractivity contribution >= 4 is 6.08 Å². The van der Waals surface area contributed by atoms with Gasteiger partial charge in [-0.25, -0.2) is 4.39 Å². The third-order valence-corrected chi connectivity index (χ3v) is 5.67. The second-order valence-corrected chi connectivity index (χ2v) is 7.60. The van der Waals surface area contributed by atoms with E-state index in [1.807, 2.05) is 13.0 Å². The Morgan fingerprint density at radius 1 is 1.07 bits per heavy atom. The molecule has 1 heterocycles. The minimum absolute atomic E-state index is 0.0214. The fraction of sp³-hybridized carbons (Fsp3) is 0.440. The molecule has 2 heteroatoms. The summed E-state index contributed by atoms with van der Waals surface area (Å²) in [6.07, 6.45) is 9.32. The molecule has 0 radical (unpaired) electrons. The molecular weight excluding hydrogens is 335 g/mol. The SMILES string of the molecule is CCCc1ccc(C2CCC(/C=C/c3ccc(CC)cc3)OC2)c(C)c1F. The molecule has 1 aliphatic heterocycles. The molecule has 0 spiro atoms. The Hall–Kier alpha value is -1.93. The average molecular weight is 367 g/mol. The number of hydrogen-bond donors (Lipinski definition) is 0. The predicted molar refractivity (Wildman–Crippen MR) is 112 cm³/mol. The van der Waals surface area contributed by atoms with Gasteiger partial charge in [0, 0.05) is 5.92 Å². The van der Waals surface area contributed by atoms with E-state index < -0.39 is 0 Å². The van der Waals surface area contributed by atoms with E-state index >= 15 is 0 Å². The zero-order chi connectivity index (χ0) is 19.2. The van der Waals surface area contributed by atoms with Gasteiger partial charge >= 0.3 is 0 Å². The Morgan fingerprint density at radius 3 is 2.48 bits per heavy atom. The van der Waals surface area contributed by atoms with E-state index in [-0.39, 0.29) is 11.9 Å². The molecule has 1 fully saturated rings. The number of hydrogen-bond acceptors (Lipinski definition) is 1. The lowest BCUT2D eigenvalue weighted by molar-refractivity contribution is 0.0329. The largest absolute Gasteiger partial charge is 0.374 e. The van der Waals surface area contributed by atoms with Crippen molar-refractivity contribution in [1.29, 1.82) is 0 Å². The van der Waals surface area contributed by atoms with Crippen molar-refractivity contribution in [2.45, 2.75) is 64.9 Å². The summed E-state index contributed by atoms with van der Waals surface area (Å²) >= 11 is 0. The molecule has 2 aromatic rings. The summed E-state index contributed by atoms with van der Waals surface area (Å²) in [5, 5.41) is 0. The van der Waals surface area contributed by atoms with Gasteiger partial charge in [0.05, 0.1) is 12.7 Å². The molecule has 0 N–H and O–H groups in total. The Balaban J connectivity index is 1.60. The number of halogens is 1. The molecule has 0 aliphatic carbocycles. The Morgan fingerprint density at radius 2 is 1.85 bits per heavy atom. The fourth-order valence-electron chi connectivity index (χ4n) is 3.91. The maximum Gasteiger partial charge on any atom is 0.129 e. The minimum Gasteiger partial charge on any atom is -0.374 e. The summed E-state index contributed by atoms with van der Waals surface area (Å²) in [7, 11) is 0. The first-order valence-corrected chi connectivity index (χ1v) is 10.3. The summed E-state index contributed by atoms with van der Waals surface area (Å²) in [5.41, 5.74) is 5.33. The first-order chi connectivity index (χ1) is 13.1. The van der Waals surface area contributed by atoms with Crippen LogP contribution in [0.25, 0.3) is 6.08 Å². The van der Waals surface area contributed by atoms with Crippen LogP contribution >= 0.6 is 0 Å². The van der Waals surface area contributed by atoms with Gasteiger partial charge in [-0.3, -0.25) is 0 Å². The molecule has 0 aromatic heterocycles. The maximum absolute atomic E-state index is 14.6. The van der Waals surface area contributed by atoms with Crippen LogP contribution in [-0.2, 0) is 17.6 Å². The Labute approximate surface area is 163 Å². The van der Waals surface area contributed by atoms with E-state index in [0.29, 0.717) is 12.5 Å². The van der Waals surface area contributed by atoms with E-state index in [2.05, 4.69) is 56.3 Å². The number of benzene rings is 2. The van der Waals surface area contributed by atoms with E-state index in [1.54, 1.807) is 0 Å². The molecule has 1 nitrogen and oxygen atoms in total. The van der Waals surface area contributed by atoms with Crippen molar-refractivity contribution in [2.75, 3.05) is 6.61 Å². The summed E-state index contributed by atoms with van der Waals surface area (Å²) in [6.45, 7) is 6.83. The van der Waals surface area contributed by atoms with Crippen LogP contribution < -0.4 is 0 Å². The quantitative estimate of drug-likeness (QED) is 0.558. The van der Waals surface area contributed by atoms with Crippen molar-refractivity contribution < 1.29 is 9.13 Å². The van der Waals surface area contributed by atoms with Crippen molar-refractivity contribution in [1.82, 2.24) is 0 Å². The monoisotopic (exact) mass is 366 g/mol. The van der Waals surface area contributed by atoms with Crippen LogP contribution in [0.15, 0.2) is 42.5 Å². The highest BCUT2D eigenvalue weighted by Gasteiger charge is 2.24. The molecule has 0 amide bonds. The molecule has 1 saturated heterocycles. The minimum atomic E-state index is -0.0214. The average Bonchev–Trinajstić information content (AvgIpc) is 2.71. The lowest BCUT2D eigenvalue weighted by Gasteiger charge is -2.29. The van der Waals surface area contributed by atoms with Gasteiger partial charge in [0.25, 0.3) is 0 Å². The van der Waals surface area contributed by atoms with Crippen LogP contribution in [-0.4, -0.2) is 12.7 Å². The highest BCUT2D eigenvalue weighted by atomic mass is 19.1. The molecule has 2 aromatic carbocycles. The highest BCUT2D eigenvalue weighted by molar-refractivity contribution is 5.50. The first-order valence-electron chi connectivity index (χ1n) is 10.3. The Kier molecular flexibility index (Phi) is 6.84. The molecule has 2 unspecified atom stereocenters. The van der Waals surface area contributed by atoms with Crippen LogP contribution in [0.2, 0.25) is 0 Å². The van der Waals surface area contributed by atoms with Crippen molar-refractivity contribution in [3.05, 3.63) is 76.1 Å². The van der Waals surface area contributed by atoms with Crippen LogP contribution in [0.3, 0.4) is 0 Å². The maximum atomic E-state index is 14.6. The normalized spacial score (nSPS) is 20.3. The third kappa shape index (κ3) is 4.87. The van der Waals surface area contributed by atoms with E-state index in [9.17, 15) is 4.39 Å². The molecule has 1 aliphatic rings. The number of aryl methyl sites for hydroxylation is 2. The lowest BCUT2D eigenvalue weighted by atomic mass is 9.87. The van der Waals surface area contributed by atoms with Gasteiger partial charge in [-0.1, -0.05) is 68.8 Å². The molecule has 0 bridgehead atoms. The van der Waals surface area contributed by atoms with Gasteiger partial charge in [0.15, 0.2) is 0 Å². The van der Waals surface area contributed by atoms with E-state index in [1.165, 1.54) is 11.1 Å². The van der Waals surface area contributed by atoms with Crippen LogP contribution in [0.5, 0.6) is 0 Å². The van der Waals surface area contributed by atoms with Crippen LogP contribution in [0.4, 0.5) is 4.39 Å². The topological polar surface area (TPSA) is 9.23 Å². The molecule has 144 valence electrons. The van der Waals surface area contributed by atoms with Gasteiger partial charge in [-0.2, -0.15) is 0 Å². The molecular formula is C25H31FO. The van der Waals surface area contributed by atoms with Crippen molar-refractivity contribution in [2.24, 2.45) is 0 Å². The fourth-order valence-corrected chi connectivity index (χ4v) is 3.91. The van der Waals surface area contributed by atoms with Crippen molar-refractivity contribution in [3.63, 3.8) is 0 Å². The second kappa shape index (κ2) is 9.32. The third-order valence-electron chi connectivity index (χ3n) is 5.67. The van der Waals surface area contributed by atoms with Gasteiger partial charge in [-0.15, -0.1) is 0 Å². The van der Waals surface area contributed by atoms with Crippen LogP contribution in [0, 0.1) is 12.7 Å². The van der Waals surface area contributed by atoms with E-state index in [0.717, 1.165) is 48.8 Å². The highest BCUT2D eigenvalue weighted by Crippen LogP contribution is 2.32. The molecule has 0 saturated carbocycles. The Bertz CT molecular complexity index is 768. The molecule has 3 rings (SSSR count). The number of ether oxygens (including phenoxy) is 1. The van der Waals surface area contributed by atoms with Crippen molar-refractivity contribution in [3.8, 4) is 0 Å². The van der Waals surface area contributed by atoms with Gasteiger partial charge in [0.1, 0.15) is 5.82 Å². The molecule has 2 atom stereocenters. The van der Waals surface area contributed by atoms with E-state index in [4.69, 9.17) is 4.74 Å². The standard InChI is InChI=1S/C25H31FO/c1-4-6-21-13-16-24(18(3)25(21)26)22-12-15-23(27-17-22)14-11-20-9-7-19(5-2)8-10-20/h7-11,13-14,16,22-23H,4-6,12,15,17H2,1-3H3/b14-11+. The van der Waals surface area contributed by atoms with Gasteiger partial charge < -0.3 is 4.74 Å². The lowest BCUT2D eigenvalue weighted by Crippen LogP contribution is -2.24. The summed E-state index contributed by atoms with van der Waals surface area (Å²) in [4.78, 5) is 0. The summed E-state index contributed by atoms with van der Waals surface area (Å²) in [6, 6.07) is 12.7.